The Hall–Kier alpha value is -0.710. The van der Waals surface area contributed by atoms with Crippen LogP contribution in [0.15, 0.2) is 28.7 Å². The smallest absolute Gasteiger partial charge is 0.127 e. The van der Waals surface area contributed by atoms with Gasteiger partial charge in [-0.1, -0.05) is 34.1 Å². The van der Waals surface area contributed by atoms with Crippen LogP contribution in [0.4, 0.5) is 0 Å². The van der Waals surface area contributed by atoms with E-state index in [1.165, 1.54) is 5.56 Å². The van der Waals surface area contributed by atoms with Gasteiger partial charge in [0.1, 0.15) is 6.29 Å². The molecule has 2 rings (SSSR count). The summed E-state index contributed by atoms with van der Waals surface area (Å²) in [6.07, 6.45) is 2.79. The predicted molar refractivity (Wildman–Crippen MR) is 79.0 cm³/mol. The zero-order chi connectivity index (χ0) is 13.7. The van der Waals surface area contributed by atoms with E-state index in [1.54, 1.807) is 0 Å². The van der Waals surface area contributed by atoms with Crippen molar-refractivity contribution in [3.8, 4) is 0 Å². The van der Waals surface area contributed by atoms with E-state index >= 15 is 0 Å². The summed E-state index contributed by atoms with van der Waals surface area (Å²) in [6, 6.07) is 8.21. The summed E-state index contributed by atoms with van der Waals surface area (Å²) >= 11 is 3.56. The first-order valence-corrected chi connectivity index (χ1v) is 7.40. The molecule has 1 aliphatic heterocycles. The van der Waals surface area contributed by atoms with Crippen molar-refractivity contribution in [1.29, 1.82) is 0 Å². The quantitative estimate of drug-likeness (QED) is 0.779. The third-order valence-electron chi connectivity index (χ3n) is 3.72. The number of rotatable bonds is 5. The largest absolute Gasteiger partial charge is 0.381 e. The van der Waals surface area contributed by atoms with Crippen molar-refractivity contribution in [3.05, 3.63) is 34.3 Å². The van der Waals surface area contributed by atoms with E-state index in [4.69, 9.17) is 4.74 Å². The summed E-state index contributed by atoms with van der Waals surface area (Å²) in [5.74, 6) is 0. The van der Waals surface area contributed by atoms with Crippen LogP contribution >= 0.6 is 15.9 Å². The van der Waals surface area contributed by atoms with Gasteiger partial charge in [-0.15, -0.1) is 0 Å². The first-order chi connectivity index (χ1) is 9.15. The van der Waals surface area contributed by atoms with E-state index in [2.05, 4.69) is 33.9 Å². The van der Waals surface area contributed by atoms with Crippen LogP contribution in [0.25, 0.3) is 0 Å². The molecule has 0 atom stereocenters. The summed E-state index contributed by atoms with van der Waals surface area (Å²) in [6.45, 7) is 3.03. The minimum absolute atomic E-state index is 0.228. The number of aldehydes is 1. The molecule has 4 heteroatoms. The lowest BCUT2D eigenvalue weighted by Crippen LogP contribution is -2.41. The maximum Gasteiger partial charge on any atom is 0.127 e. The van der Waals surface area contributed by atoms with Gasteiger partial charge in [-0.3, -0.25) is 0 Å². The van der Waals surface area contributed by atoms with Crippen LogP contribution in [0.3, 0.4) is 0 Å². The molecule has 0 bridgehead atoms. The third-order valence-corrected chi connectivity index (χ3v) is 4.50. The molecule has 1 aromatic carbocycles. The van der Waals surface area contributed by atoms with Gasteiger partial charge in [-0.25, -0.2) is 0 Å². The standard InChI is InChI=1S/C15H20BrNO2/c1-17(10-13-4-2-3-5-14(13)16)11-15(12-18)6-8-19-9-7-15/h2-5,12H,6-11H2,1H3. The molecular formula is C15H20BrNO2. The van der Waals surface area contributed by atoms with Gasteiger partial charge in [0.2, 0.25) is 0 Å². The Balaban J connectivity index is 1.98. The fourth-order valence-electron chi connectivity index (χ4n) is 2.60. The molecule has 3 nitrogen and oxygen atoms in total. The van der Waals surface area contributed by atoms with Crippen molar-refractivity contribution in [2.24, 2.45) is 5.41 Å². The Bertz CT molecular complexity index is 430. The van der Waals surface area contributed by atoms with Crippen LogP contribution < -0.4 is 0 Å². The van der Waals surface area contributed by atoms with Crippen molar-refractivity contribution in [2.45, 2.75) is 19.4 Å². The van der Waals surface area contributed by atoms with Gasteiger partial charge in [0.15, 0.2) is 0 Å². The lowest BCUT2D eigenvalue weighted by atomic mass is 9.81. The maximum atomic E-state index is 11.4. The molecule has 0 aromatic heterocycles. The highest BCUT2D eigenvalue weighted by Gasteiger charge is 2.33. The number of carbonyl (C=O) groups excluding carboxylic acids is 1. The first kappa shape index (κ1) is 14.7. The highest BCUT2D eigenvalue weighted by molar-refractivity contribution is 9.10. The molecule has 104 valence electrons. The predicted octanol–water partition coefficient (Wildman–Crippen LogP) is 2.88. The van der Waals surface area contributed by atoms with Crippen LogP contribution in [-0.4, -0.2) is 38.0 Å². The minimum atomic E-state index is -0.228. The van der Waals surface area contributed by atoms with Crippen molar-refractivity contribution < 1.29 is 9.53 Å². The van der Waals surface area contributed by atoms with E-state index in [-0.39, 0.29) is 5.41 Å². The van der Waals surface area contributed by atoms with E-state index in [0.29, 0.717) is 13.2 Å². The van der Waals surface area contributed by atoms with Crippen LogP contribution in [0, 0.1) is 5.41 Å². The van der Waals surface area contributed by atoms with E-state index in [9.17, 15) is 4.79 Å². The molecule has 1 aliphatic rings. The number of benzene rings is 1. The minimum Gasteiger partial charge on any atom is -0.381 e. The highest BCUT2D eigenvalue weighted by Crippen LogP contribution is 2.29. The first-order valence-electron chi connectivity index (χ1n) is 6.61. The van der Waals surface area contributed by atoms with Gasteiger partial charge in [-0.05, 0) is 31.5 Å². The van der Waals surface area contributed by atoms with Crippen LogP contribution in [0.5, 0.6) is 0 Å². The number of ether oxygens (including phenoxy) is 1. The molecule has 0 unspecified atom stereocenters. The van der Waals surface area contributed by atoms with Crippen LogP contribution in [-0.2, 0) is 16.1 Å². The third kappa shape index (κ3) is 3.88. The molecule has 19 heavy (non-hydrogen) atoms. The van der Waals surface area contributed by atoms with Gasteiger partial charge < -0.3 is 14.4 Å². The maximum absolute atomic E-state index is 11.4. The molecule has 1 heterocycles. The Morgan fingerprint density at radius 1 is 1.37 bits per heavy atom. The average molecular weight is 326 g/mol. The summed E-state index contributed by atoms with van der Waals surface area (Å²) in [7, 11) is 2.07. The molecule has 0 radical (unpaired) electrons. The van der Waals surface area contributed by atoms with Crippen molar-refractivity contribution >= 4 is 22.2 Å². The number of carbonyl (C=O) groups is 1. The summed E-state index contributed by atoms with van der Waals surface area (Å²) < 4.78 is 6.48. The number of hydrogen-bond donors (Lipinski definition) is 0. The molecule has 1 fully saturated rings. The topological polar surface area (TPSA) is 29.5 Å². The molecule has 0 N–H and O–H groups in total. The lowest BCUT2D eigenvalue weighted by Gasteiger charge is -2.35. The fourth-order valence-corrected chi connectivity index (χ4v) is 3.01. The number of halogens is 1. The molecular weight excluding hydrogens is 306 g/mol. The van der Waals surface area contributed by atoms with Crippen molar-refractivity contribution in [3.63, 3.8) is 0 Å². The van der Waals surface area contributed by atoms with Gasteiger partial charge in [-0.2, -0.15) is 0 Å². The SMILES string of the molecule is CN(Cc1ccccc1Br)CC1(C=O)CCOCC1. The zero-order valence-corrected chi connectivity index (χ0v) is 12.9. The molecule has 1 aromatic rings. The lowest BCUT2D eigenvalue weighted by molar-refractivity contribution is -0.122. The molecule has 0 saturated carbocycles. The highest BCUT2D eigenvalue weighted by atomic mass is 79.9. The Kier molecular flexibility index (Phi) is 5.13. The Labute approximate surface area is 123 Å². The van der Waals surface area contributed by atoms with Gasteiger partial charge in [0.25, 0.3) is 0 Å². The zero-order valence-electron chi connectivity index (χ0n) is 11.3. The fraction of sp³-hybridized carbons (Fsp3) is 0.533. The summed E-state index contributed by atoms with van der Waals surface area (Å²) in [5.41, 5.74) is 1.02. The average Bonchev–Trinajstić information content (AvgIpc) is 2.42. The molecule has 0 amide bonds. The second-order valence-electron chi connectivity index (χ2n) is 5.36. The Morgan fingerprint density at radius 3 is 2.68 bits per heavy atom. The van der Waals surface area contributed by atoms with E-state index in [1.807, 2.05) is 18.2 Å². The van der Waals surface area contributed by atoms with Crippen molar-refractivity contribution in [2.75, 3.05) is 26.8 Å². The monoisotopic (exact) mass is 325 g/mol. The molecule has 0 aliphatic carbocycles. The molecule has 1 saturated heterocycles. The van der Waals surface area contributed by atoms with Crippen LogP contribution in [0.1, 0.15) is 18.4 Å². The number of hydrogen-bond acceptors (Lipinski definition) is 3. The van der Waals surface area contributed by atoms with Gasteiger partial charge in [0, 0.05) is 36.2 Å². The van der Waals surface area contributed by atoms with E-state index in [0.717, 1.165) is 36.7 Å². The second kappa shape index (κ2) is 6.64. The molecule has 0 spiro atoms. The number of nitrogens with zero attached hydrogens (tertiary/aromatic N) is 1. The van der Waals surface area contributed by atoms with Crippen molar-refractivity contribution in [1.82, 2.24) is 4.90 Å². The Morgan fingerprint density at radius 2 is 2.05 bits per heavy atom. The van der Waals surface area contributed by atoms with E-state index < -0.39 is 0 Å². The second-order valence-corrected chi connectivity index (χ2v) is 6.21. The van der Waals surface area contributed by atoms with Gasteiger partial charge in [0.05, 0.1) is 0 Å². The van der Waals surface area contributed by atoms with Gasteiger partial charge >= 0.3 is 0 Å². The normalized spacial score (nSPS) is 18.5. The summed E-state index contributed by atoms with van der Waals surface area (Å²) in [4.78, 5) is 13.7. The van der Waals surface area contributed by atoms with Crippen LogP contribution in [0.2, 0.25) is 0 Å². The summed E-state index contributed by atoms with van der Waals surface area (Å²) in [5, 5.41) is 0.